The van der Waals surface area contributed by atoms with E-state index in [1.807, 2.05) is 12.3 Å². The number of nitrogens with two attached hydrogens (primary N) is 1. The zero-order valence-electron chi connectivity index (χ0n) is 15.9. The lowest BCUT2D eigenvalue weighted by Crippen LogP contribution is -2.19. The van der Waals surface area contributed by atoms with Crippen molar-refractivity contribution in [1.29, 1.82) is 0 Å². The van der Waals surface area contributed by atoms with E-state index < -0.39 is 22.3 Å². The number of rotatable bonds is 4. The molecule has 1 aromatic heterocycles. The molecule has 2 heterocycles. The van der Waals surface area contributed by atoms with Crippen LogP contribution in [0, 0.1) is 5.82 Å². The van der Waals surface area contributed by atoms with Crippen LogP contribution in [0.4, 0.5) is 4.39 Å². The average molecular weight is 418 g/mol. The molecule has 154 valence electrons. The third kappa shape index (κ3) is 3.71. The molecule has 2 aromatic carbocycles. The number of hydrogen-bond donors (Lipinski definition) is 4. The number of nitrogens with one attached hydrogen (secondary N) is 1. The van der Waals surface area contributed by atoms with Gasteiger partial charge in [0, 0.05) is 28.7 Å². The van der Waals surface area contributed by atoms with Crippen molar-refractivity contribution in [3.05, 3.63) is 53.5 Å². The fourth-order valence-electron chi connectivity index (χ4n) is 4.07. The number of halogens is 1. The molecule has 0 radical (unpaired) electrons. The van der Waals surface area contributed by atoms with E-state index in [1.165, 1.54) is 19.2 Å². The number of primary amides is 1. The molecule has 0 spiro atoms. The Bertz CT molecular complexity index is 1090. The smallest absolute Gasteiger partial charge is 0.250 e. The van der Waals surface area contributed by atoms with Gasteiger partial charge in [-0.2, -0.15) is 10.6 Å². The molecule has 1 aliphatic heterocycles. The summed E-state index contributed by atoms with van der Waals surface area (Å²) in [6.45, 7) is 0. The molecule has 0 unspecified atom stereocenters. The lowest BCUT2D eigenvalue weighted by Gasteiger charge is -2.39. The van der Waals surface area contributed by atoms with Gasteiger partial charge in [-0.15, -0.1) is 0 Å². The van der Waals surface area contributed by atoms with Crippen LogP contribution < -0.4 is 10.5 Å². The minimum atomic E-state index is -2.49. The topological polar surface area (TPSA) is 109 Å². The fourth-order valence-corrected chi connectivity index (χ4v) is 5.59. The van der Waals surface area contributed by atoms with E-state index in [2.05, 4.69) is 4.98 Å². The van der Waals surface area contributed by atoms with Crippen molar-refractivity contribution in [3.63, 3.8) is 0 Å². The number of hydrogen-bond acceptors (Lipinski definition) is 4. The Hall–Kier alpha value is -2.55. The van der Waals surface area contributed by atoms with Gasteiger partial charge < -0.3 is 15.5 Å². The molecule has 1 fully saturated rings. The number of carbonyl (C=O) groups is 1. The summed E-state index contributed by atoms with van der Waals surface area (Å²) in [7, 11) is -0.983. The number of carbonyl (C=O) groups excluding carboxylic acids is 1. The molecule has 5 N–H and O–H groups in total. The van der Waals surface area contributed by atoms with E-state index in [0.29, 0.717) is 52.3 Å². The van der Waals surface area contributed by atoms with Crippen LogP contribution in [0.15, 0.2) is 36.5 Å². The van der Waals surface area contributed by atoms with Crippen LogP contribution in [-0.2, 0) is 0 Å². The summed E-state index contributed by atoms with van der Waals surface area (Å²) in [6.07, 6.45) is 3.15. The number of benzene rings is 2. The Morgan fingerprint density at radius 1 is 1.24 bits per heavy atom. The molecular formula is C21H23FN2O4S. The largest absolute Gasteiger partial charge is 0.496 e. The van der Waals surface area contributed by atoms with Crippen LogP contribution >= 0.6 is 10.6 Å². The summed E-state index contributed by atoms with van der Waals surface area (Å²) >= 11 is 0. The molecular weight excluding hydrogens is 395 g/mol. The summed E-state index contributed by atoms with van der Waals surface area (Å²) in [5, 5.41) is 0.825. The molecule has 1 saturated heterocycles. The summed E-state index contributed by atoms with van der Waals surface area (Å²) < 4.78 is 39.1. The lowest BCUT2D eigenvalue weighted by molar-refractivity contribution is 0.100. The van der Waals surface area contributed by atoms with Gasteiger partial charge in [0.15, 0.2) is 0 Å². The van der Waals surface area contributed by atoms with Crippen molar-refractivity contribution in [2.24, 2.45) is 5.73 Å². The number of H-pyrrole nitrogens is 1. The van der Waals surface area contributed by atoms with Gasteiger partial charge in [0.2, 0.25) is 0 Å². The van der Waals surface area contributed by atoms with Crippen LogP contribution in [0.5, 0.6) is 5.75 Å². The summed E-state index contributed by atoms with van der Waals surface area (Å²) in [5.74, 6) is 0.361. The molecule has 0 aliphatic carbocycles. The van der Waals surface area contributed by atoms with Crippen LogP contribution in [0.1, 0.15) is 34.7 Å². The van der Waals surface area contributed by atoms with E-state index in [1.54, 1.807) is 12.1 Å². The van der Waals surface area contributed by atoms with Gasteiger partial charge in [-0.25, -0.2) is 4.39 Å². The van der Waals surface area contributed by atoms with E-state index in [0.717, 1.165) is 10.9 Å². The average Bonchev–Trinajstić information content (AvgIpc) is 3.11. The predicted molar refractivity (Wildman–Crippen MR) is 113 cm³/mol. The van der Waals surface area contributed by atoms with E-state index in [9.17, 15) is 18.3 Å². The predicted octanol–water partition coefficient (Wildman–Crippen LogP) is 4.71. The van der Waals surface area contributed by atoms with Gasteiger partial charge in [-0.05, 0) is 60.2 Å². The first-order chi connectivity index (χ1) is 13.8. The molecule has 3 aromatic rings. The first kappa shape index (κ1) is 19.8. The molecule has 0 bridgehead atoms. The van der Waals surface area contributed by atoms with Crippen LogP contribution in [0.25, 0.3) is 22.0 Å². The molecule has 6 nitrogen and oxygen atoms in total. The fraction of sp³-hybridized carbons (Fsp3) is 0.286. The maximum atomic E-state index is 13.9. The van der Waals surface area contributed by atoms with E-state index in [-0.39, 0.29) is 5.92 Å². The highest BCUT2D eigenvalue weighted by Gasteiger charge is 2.27. The highest BCUT2D eigenvalue weighted by atomic mass is 32.3. The van der Waals surface area contributed by atoms with Crippen molar-refractivity contribution >= 4 is 27.4 Å². The summed E-state index contributed by atoms with van der Waals surface area (Å²) in [6, 6.07) is 7.77. The molecule has 1 amide bonds. The maximum Gasteiger partial charge on any atom is 0.250 e. The number of fused-ring (bicyclic) bond motifs is 1. The van der Waals surface area contributed by atoms with Crippen molar-refractivity contribution in [2.75, 3.05) is 18.6 Å². The van der Waals surface area contributed by atoms with E-state index >= 15 is 0 Å². The maximum absolute atomic E-state index is 13.9. The molecule has 4 rings (SSSR count). The number of amides is 1. The SMILES string of the molecule is COc1ccc(F)cc1-c1cc(C(N)=O)c2[nH]cc(C3CCS(O)(O)CC3)c2c1. The van der Waals surface area contributed by atoms with Gasteiger partial charge in [0.25, 0.3) is 5.91 Å². The highest BCUT2D eigenvalue weighted by molar-refractivity contribution is 8.24. The second-order valence-corrected chi connectivity index (χ2v) is 9.80. The van der Waals surface area contributed by atoms with Gasteiger partial charge in [-0.3, -0.25) is 13.9 Å². The van der Waals surface area contributed by atoms with Gasteiger partial charge in [0.1, 0.15) is 11.6 Å². The summed E-state index contributed by atoms with van der Waals surface area (Å²) in [4.78, 5) is 15.3. The first-order valence-corrected chi connectivity index (χ1v) is 11.2. The third-order valence-electron chi connectivity index (χ3n) is 5.59. The van der Waals surface area contributed by atoms with Crippen LogP contribution in [0.2, 0.25) is 0 Å². The minimum absolute atomic E-state index is 0.133. The van der Waals surface area contributed by atoms with Crippen LogP contribution in [-0.4, -0.2) is 38.6 Å². The number of ether oxygens (including phenoxy) is 1. The third-order valence-corrected chi connectivity index (χ3v) is 7.36. The Morgan fingerprint density at radius 2 is 1.97 bits per heavy atom. The standard InChI is InChI=1S/C21H23FN2O4S/c1-28-19-3-2-14(22)10-15(19)13-8-16-18(12-4-6-29(26,27)7-5-12)11-24-20(16)17(9-13)21(23)25/h2-3,8-12,24,26-27H,4-7H2,1H3,(H2,23,25). The number of aromatic nitrogens is 1. The number of methoxy groups -OCH3 is 1. The quantitative estimate of drug-likeness (QED) is 0.492. The van der Waals surface area contributed by atoms with E-state index in [4.69, 9.17) is 10.5 Å². The van der Waals surface area contributed by atoms with Crippen molar-refractivity contribution < 1.29 is 23.0 Å². The minimum Gasteiger partial charge on any atom is -0.496 e. The Balaban J connectivity index is 1.88. The molecule has 0 saturated carbocycles. The lowest BCUT2D eigenvalue weighted by atomic mass is 9.90. The van der Waals surface area contributed by atoms with Crippen molar-refractivity contribution in [3.8, 4) is 16.9 Å². The molecule has 29 heavy (non-hydrogen) atoms. The van der Waals surface area contributed by atoms with Crippen molar-refractivity contribution in [2.45, 2.75) is 18.8 Å². The molecule has 1 aliphatic rings. The van der Waals surface area contributed by atoms with Crippen LogP contribution in [0.3, 0.4) is 0 Å². The molecule has 0 atom stereocenters. The summed E-state index contributed by atoms with van der Waals surface area (Å²) in [5.41, 5.74) is 8.72. The Labute approximate surface area is 169 Å². The van der Waals surface area contributed by atoms with Crippen molar-refractivity contribution in [1.82, 2.24) is 4.98 Å². The zero-order chi connectivity index (χ0) is 20.8. The second kappa shape index (κ2) is 7.37. The van der Waals surface area contributed by atoms with Gasteiger partial charge in [-0.1, -0.05) is 0 Å². The monoisotopic (exact) mass is 418 g/mol. The van der Waals surface area contributed by atoms with Gasteiger partial charge in [0.05, 0.1) is 18.2 Å². The zero-order valence-corrected chi connectivity index (χ0v) is 16.8. The Kier molecular flexibility index (Phi) is 5.02. The molecule has 8 heteroatoms. The normalized spacial score (nSPS) is 17.9. The number of aromatic amines is 1. The highest BCUT2D eigenvalue weighted by Crippen LogP contribution is 2.49. The second-order valence-electron chi connectivity index (χ2n) is 7.38. The van der Waals surface area contributed by atoms with Gasteiger partial charge >= 0.3 is 0 Å². The Morgan fingerprint density at radius 3 is 2.62 bits per heavy atom. The first-order valence-electron chi connectivity index (χ1n) is 9.31.